The quantitative estimate of drug-likeness (QED) is 0.764. The van der Waals surface area contributed by atoms with Gasteiger partial charge in [-0.15, -0.1) is 0 Å². The first-order chi connectivity index (χ1) is 12.1. The Bertz CT molecular complexity index is 943. The fourth-order valence-corrected chi connectivity index (χ4v) is 3.40. The molecule has 0 fully saturated rings. The summed E-state index contributed by atoms with van der Waals surface area (Å²) in [5, 5.41) is 13.7. The van der Waals surface area contributed by atoms with Crippen molar-refractivity contribution in [3.05, 3.63) is 65.2 Å². The molecule has 1 aromatic heterocycles. The number of hydrogen-bond donors (Lipinski definition) is 2. The number of aromatic carboxylic acids is 1. The van der Waals surface area contributed by atoms with Crippen LogP contribution in [0.3, 0.4) is 0 Å². The topological polar surface area (TPSA) is 71.5 Å². The van der Waals surface area contributed by atoms with E-state index in [1.807, 2.05) is 24.3 Å². The number of carboxylic acid groups (broad SMARTS) is 1. The highest BCUT2D eigenvalue weighted by molar-refractivity contribution is 5.98. The number of carbonyl (C=O) groups is 1. The van der Waals surface area contributed by atoms with Crippen LogP contribution in [0.4, 0.5) is 5.82 Å². The smallest absolute Gasteiger partial charge is 0.339 e. The highest BCUT2D eigenvalue weighted by atomic mass is 16.5. The minimum absolute atomic E-state index is 0.144. The number of nitrogens with one attached hydrogen (secondary N) is 1. The molecular formula is C20H18N2O3. The van der Waals surface area contributed by atoms with E-state index in [1.54, 1.807) is 19.2 Å². The van der Waals surface area contributed by atoms with Crippen molar-refractivity contribution in [2.75, 3.05) is 12.4 Å². The summed E-state index contributed by atoms with van der Waals surface area (Å²) in [5.74, 6) is 0.122. The number of pyridine rings is 1. The van der Waals surface area contributed by atoms with Crippen LogP contribution >= 0.6 is 0 Å². The summed E-state index contributed by atoms with van der Waals surface area (Å²) in [6, 6.07) is 15.5. The predicted octanol–water partition coefficient (Wildman–Crippen LogP) is 3.52. The highest BCUT2D eigenvalue weighted by Crippen LogP contribution is 2.28. The molecule has 126 valence electrons. The number of hydrogen-bond acceptors (Lipinski definition) is 4. The van der Waals surface area contributed by atoms with Crippen LogP contribution in [0.1, 0.15) is 21.5 Å². The molecule has 0 spiro atoms. The molecule has 1 aliphatic rings. The van der Waals surface area contributed by atoms with Crippen molar-refractivity contribution >= 4 is 22.7 Å². The number of methoxy groups -OCH3 is 1. The molecule has 1 heterocycles. The lowest BCUT2D eigenvalue weighted by Gasteiger charge is -2.16. The van der Waals surface area contributed by atoms with Crippen molar-refractivity contribution in [2.45, 2.75) is 18.9 Å². The van der Waals surface area contributed by atoms with Crippen molar-refractivity contribution in [2.24, 2.45) is 0 Å². The van der Waals surface area contributed by atoms with Gasteiger partial charge in [-0.2, -0.15) is 0 Å². The van der Waals surface area contributed by atoms with Gasteiger partial charge in [-0.1, -0.05) is 24.3 Å². The van der Waals surface area contributed by atoms with Crippen molar-refractivity contribution in [1.29, 1.82) is 0 Å². The Morgan fingerprint density at radius 2 is 1.88 bits per heavy atom. The molecule has 2 aromatic carbocycles. The van der Waals surface area contributed by atoms with Gasteiger partial charge < -0.3 is 15.2 Å². The van der Waals surface area contributed by atoms with Crippen molar-refractivity contribution in [3.63, 3.8) is 0 Å². The average Bonchev–Trinajstić information content (AvgIpc) is 3.02. The monoisotopic (exact) mass is 334 g/mol. The minimum atomic E-state index is -0.983. The standard InChI is InChI=1S/C20H18N2O3/c1-25-16-7-6-14-10-17(20(23)24)19(22-18(14)11-16)21-15-8-12-4-2-3-5-13(12)9-15/h2-7,10-11,15H,8-9H2,1H3,(H,21,22)(H,23,24). The maximum absolute atomic E-state index is 11.7. The molecule has 0 atom stereocenters. The lowest BCUT2D eigenvalue weighted by atomic mass is 10.1. The van der Waals surface area contributed by atoms with Gasteiger partial charge in [-0.25, -0.2) is 9.78 Å². The molecule has 0 bridgehead atoms. The molecule has 0 unspecified atom stereocenters. The number of rotatable bonds is 4. The van der Waals surface area contributed by atoms with Crippen LogP contribution in [0, 0.1) is 0 Å². The molecule has 3 aromatic rings. The Balaban J connectivity index is 1.70. The van der Waals surface area contributed by atoms with Gasteiger partial charge in [0.15, 0.2) is 0 Å². The lowest BCUT2D eigenvalue weighted by Crippen LogP contribution is -2.22. The molecule has 0 radical (unpaired) electrons. The highest BCUT2D eigenvalue weighted by Gasteiger charge is 2.23. The van der Waals surface area contributed by atoms with Crippen LogP contribution in [-0.4, -0.2) is 29.2 Å². The summed E-state index contributed by atoms with van der Waals surface area (Å²) in [7, 11) is 1.60. The van der Waals surface area contributed by atoms with Crippen LogP contribution in [0.2, 0.25) is 0 Å². The molecule has 5 heteroatoms. The van der Waals surface area contributed by atoms with Gasteiger partial charge in [0.25, 0.3) is 0 Å². The van der Waals surface area contributed by atoms with Crippen LogP contribution in [-0.2, 0) is 12.8 Å². The first-order valence-corrected chi connectivity index (χ1v) is 8.19. The maximum Gasteiger partial charge on any atom is 0.339 e. The second-order valence-electron chi connectivity index (χ2n) is 6.27. The van der Waals surface area contributed by atoms with Gasteiger partial charge >= 0.3 is 5.97 Å². The van der Waals surface area contributed by atoms with E-state index >= 15 is 0 Å². The maximum atomic E-state index is 11.7. The Hall–Kier alpha value is -3.08. The van der Waals surface area contributed by atoms with Gasteiger partial charge in [-0.05, 0) is 42.2 Å². The molecular weight excluding hydrogens is 316 g/mol. The summed E-state index contributed by atoms with van der Waals surface area (Å²) in [6.45, 7) is 0. The fraction of sp³-hybridized carbons (Fsp3) is 0.200. The van der Waals surface area contributed by atoms with Crippen molar-refractivity contribution in [3.8, 4) is 5.75 Å². The largest absolute Gasteiger partial charge is 0.497 e. The van der Waals surface area contributed by atoms with Gasteiger partial charge in [0.1, 0.15) is 17.1 Å². The third kappa shape index (κ3) is 2.89. The molecule has 5 nitrogen and oxygen atoms in total. The first kappa shape index (κ1) is 15.4. The molecule has 25 heavy (non-hydrogen) atoms. The molecule has 2 N–H and O–H groups in total. The lowest BCUT2D eigenvalue weighted by molar-refractivity contribution is 0.0697. The zero-order valence-corrected chi connectivity index (χ0v) is 13.8. The average molecular weight is 334 g/mol. The minimum Gasteiger partial charge on any atom is -0.497 e. The number of ether oxygens (including phenoxy) is 1. The Morgan fingerprint density at radius 3 is 2.52 bits per heavy atom. The number of carboxylic acids is 1. The second kappa shape index (κ2) is 6.09. The van der Waals surface area contributed by atoms with Crippen molar-refractivity contribution < 1.29 is 14.6 Å². The molecule has 1 aliphatic carbocycles. The third-order valence-electron chi connectivity index (χ3n) is 4.65. The van der Waals surface area contributed by atoms with Crippen LogP contribution < -0.4 is 10.1 Å². The number of benzene rings is 2. The number of anilines is 1. The van der Waals surface area contributed by atoms with E-state index in [9.17, 15) is 9.90 Å². The SMILES string of the molecule is COc1ccc2cc(C(=O)O)c(NC3Cc4ccccc4C3)nc2c1. The normalized spacial score (nSPS) is 13.6. The van der Waals surface area contributed by atoms with Gasteiger partial charge in [0, 0.05) is 17.5 Å². The summed E-state index contributed by atoms with van der Waals surface area (Å²) in [4.78, 5) is 16.2. The Morgan fingerprint density at radius 1 is 1.16 bits per heavy atom. The first-order valence-electron chi connectivity index (χ1n) is 8.19. The van der Waals surface area contributed by atoms with Crippen molar-refractivity contribution in [1.82, 2.24) is 4.98 Å². The Labute approximate surface area is 145 Å². The fourth-order valence-electron chi connectivity index (χ4n) is 3.40. The second-order valence-corrected chi connectivity index (χ2v) is 6.27. The molecule has 0 aliphatic heterocycles. The summed E-state index contributed by atoms with van der Waals surface area (Å²) >= 11 is 0. The van der Waals surface area contributed by atoms with E-state index in [0.717, 1.165) is 18.2 Å². The summed E-state index contributed by atoms with van der Waals surface area (Å²) < 4.78 is 5.24. The van der Waals surface area contributed by atoms with Crippen LogP contribution in [0.15, 0.2) is 48.5 Å². The number of fused-ring (bicyclic) bond motifs is 2. The van der Waals surface area contributed by atoms with E-state index in [1.165, 1.54) is 11.1 Å². The van der Waals surface area contributed by atoms with E-state index in [-0.39, 0.29) is 11.6 Å². The van der Waals surface area contributed by atoms with E-state index in [0.29, 0.717) is 17.1 Å². The molecule has 0 saturated carbocycles. The van der Waals surface area contributed by atoms with E-state index < -0.39 is 5.97 Å². The van der Waals surface area contributed by atoms with Crippen LogP contribution in [0.25, 0.3) is 10.9 Å². The molecule has 0 amide bonds. The molecule has 4 rings (SSSR count). The van der Waals surface area contributed by atoms with Gasteiger partial charge in [0.2, 0.25) is 0 Å². The zero-order valence-electron chi connectivity index (χ0n) is 13.8. The molecule has 0 saturated heterocycles. The van der Waals surface area contributed by atoms with E-state index in [4.69, 9.17) is 4.74 Å². The van der Waals surface area contributed by atoms with Gasteiger partial charge in [0.05, 0.1) is 12.6 Å². The van der Waals surface area contributed by atoms with E-state index in [2.05, 4.69) is 22.4 Å². The Kier molecular flexibility index (Phi) is 3.76. The predicted molar refractivity (Wildman–Crippen MR) is 96.5 cm³/mol. The third-order valence-corrected chi connectivity index (χ3v) is 4.65. The van der Waals surface area contributed by atoms with Gasteiger partial charge in [-0.3, -0.25) is 0 Å². The number of nitrogens with zero attached hydrogens (tertiary/aromatic N) is 1. The van der Waals surface area contributed by atoms with Crippen LogP contribution in [0.5, 0.6) is 5.75 Å². The summed E-state index contributed by atoms with van der Waals surface area (Å²) in [5.41, 5.74) is 3.51. The number of aromatic nitrogens is 1. The zero-order chi connectivity index (χ0) is 17.4. The summed E-state index contributed by atoms with van der Waals surface area (Å²) in [6.07, 6.45) is 1.74.